The fourth-order valence-corrected chi connectivity index (χ4v) is 4.55. The minimum Gasteiger partial charge on any atom is -0.497 e. The Kier molecular flexibility index (Phi) is 12.5. The number of carbonyl (C=O) groups is 2. The molecule has 0 radical (unpaired) electrons. The molecule has 0 fully saturated rings. The van der Waals surface area contributed by atoms with Crippen LogP contribution in [0.5, 0.6) is 17.2 Å². The van der Waals surface area contributed by atoms with E-state index in [2.05, 4.69) is 12.1 Å². The van der Waals surface area contributed by atoms with E-state index in [0.717, 1.165) is 17.7 Å². The predicted octanol–water partition coefficient (Wildman–Crippen LogP) is 5.79. The van der Waals surface area contributed by atoms with E-state index in [4.69, 9.17) is 18.9 Å². The summed E-state index contributed by atoms with van der Waals surface area (Å²) in [4.78, 5) is 27.1. The van der Waals surface area contributed by atoms with Crippen LogP contribution in [0.2, 0.25) is 0 Å². The minimum absolute atomic E-state index is 0.273. The standard InChI is InChI=1S/C30H35NO7S/c1-3-36-28(29(32)33)22-23-10-12-25(13-11-23)37-20-19-31(18-7-21-39-27-8-5-4-6-9-27)30(34)38-26-16-14-24(35-2)15-17-26/h4-6,8-17,28H,3,7,18-22H2,1-2H3,(H,32,33). The number of methoxy groups -OCH3 is 1. The Bertz CT molecular complexity index is 1140. The van der Waals surface area contributed by atoms with Gasteiger partial charge in [0.05, 0.1) is 13.7 Å². The van der Waals surface area contributed by atoms with Gasteiger partial charge in [-0.15, -0.1) is 11.8 Å². The number of ether oxygens (including phenoxy) is 4. The van der Waals surface area contributed by atoms with Gasteiger partial charge in [-0.1, -0.05) is 30.3 Å². The Labute approximate surface area is 233 Å². The van der Waals surface area contributed by atoms with Gasteiger partial charge in [-0.2, -0.15) is 0 Å². The first kappa shape index (κ1) is 29.9. The van der Waals surface area contributed by atoms with Gasteiger partial charge >= 0.3 is 12.1 Å². The van der Waals surface area contributed by atoms with Crippen molar-refractivity contribution in [1.29, 1.82) is 0 Å². The molecule has 0 aliphatic carbocycles. The average Bonchev–Trinajstić information content (AvgIpc) is 2.95. The summed E-state index contributed by atoms with van der Waals surface area (Å²) >= 11 is 1.74. The van der Waals surface area contributed by atoms with E-state index in [1.807, 2.05) is 30.3 Å². The van der Waals surface area contributed by atoms with E-state index in [1.165, 1.54) is 4.90 Å². The van der Waals surface area contributed by atoms with Crippen LogP contribution >= 0.6 is 11.8 Å². The second kappa shape index (κ2) is 16.3. The number of carbonyl (C=O) groups excluding carboxylic acids is 1. The molecule has 0 heterocycles. The highest BCUT2D eigenvalue weighted by Gasteiger charge is 2.18. The molecule has 0 saturated heterocycles. The molecular weight excluding hydrogens is 518 g/mol. The number of aliphatic carboxylic acids is 1. The highest BCUT2D eigenvalue weighted by Crippen LogP contribution is 2.20. The molecular formula is C30H35NO7S. The third-order valence-corrected chi connectivity index (χ3v) is 6.82. The van der Waals surface area contributed by atoms with Crippen LogP contribution in [0.25, 0.3) is 0 Å². The molecule has 3 aromatic rings. The molecule has 9 heteroatoms. The topological polar surface area (TPSA) is 94.5 Å². The molecule has 8 nitrogen and oxygen atoms in total. The number of thioether (sulfide) groups is 1. The van der Waals surface area contributed by atoms with Crippen LogP contribution in [0.3, 0.4) is 0 Å². The van der Waals surface area contributed by atoms with Gasteiger partial charge < -0.3 is 29.0 Å². The number of benzene rings is 3. The van der Waals surface area contributed by atoms with Crippen molar-refractivity contribution < 1.29 is 33.6 Å². The number of carboxylic acids is 1. The maximum absolute atomic E-state index is 13.0. The van der Waals surface area contributed by atoms with Crippen molar-refractivity contribution in [2.24, 2.45) is 0 Å². The van der Waals surface area contributed by atoms with Crippen LogP contribution < -0.4 is 14.2 Å². The van der Waals surface area contributed by atoms with Crippen molar-refractivity contribution in [2.75, 3.05) is 39.2 Å². The Morgan fingerprint density at radius 3 is 2.21 bits per heavy atom. The molecule has 0 bridgehead atoms. The molecule has 0 aliphatic heterocycles. The van der Waals surface area contributed by atoms with E-state index in [0.29, 0.717) is 36.9 Å². The van der Waals surface area contributed by atoms with Crippen LogP contribution in [-0.4, -0.2) is 67.3 Å². The number of carboxylic acid groups (broad SMARTS) is 1. The molecule has 1 N–H and O–H groups in total. The highest BCUT2D eigenvalue weighted by molar-refractivity contribution is 7.99. The SMILES string of the molecule is CCOC(Cc1ccc(OCCN(CCCSc2ccccc2)C(=O)Oc2ccc(OC)cc2)cc1)C(=O)O. The van der Waals surface area contributed by atoms with Crippen molar-refractivity contribution >= 4 is 23.8 Å². The first-order chi connectivity index (χ1) is 19.0. The Hall–Kier alpha value is -3.69. The van der Waals surface area contributed by atoms with Crippen molar-refractivity contribution in [3.05, 3.63) is 84.4 Å². The maximum Gasteiger partial charge on any atom is 0.415 e. The molecule has 0 saturated carbocycles. The lowest BCUT2D eigenvalue weighted by atomic mass is 10.1. The first-order valence-electron chi connectivity index (χ1n) is 12.8. The lowest BCUT2D eigenvalue weighted by molar-refractivity contribution is -0.149. The summed E-state index contributed by atoms with van der Waals surface area (Å²) in [6.07, 6.45) is -0.266. The normalized spacial score (nSPS) is 11.4. The summed E-state index contributed by atoms with van der Waals surface area (Å²) < 4.78 is 21.9. The van der Waals surface area contributed by atoms with Gasteiger partial charge in [-0.25, -0.2) is 9.59 Å². The van der Waals surface area contributed by atoms with Crippen molar-refractivity contribution in [1.82, 2.24) is 4.90 Å². The second-order valence-electron chi connectivity index (χ2n) is 8.52. The minimum atomic E-state index is -0.985. The summed E-state index contributed by atoms with van der Waals surface area (Å²) in [6.45, 7) is 3.24. The van der Waals surface area contributed by atoms with E-state index in [-0.39, 0.29) is 13.0 Å². The molecule has 0 aliphatic rings. The second-order valence-corrected chi connectivity index (χ2v) is 9.69. The van der Waals surface area contributed by atoms with Crippen LogP contribution in [0.1, 0.15) is 18.9 Å². The van der Waals surface area contributed by atoms with Gasteiger partial charge in [0.1, 0.15) is 23.9 Å². The van der Waals surface area contributed by atoms with Crippen LogP contribution in [0.4, 0.5) is 4.79 Å². The first-order valence-corrected chi connectivity index (χ1v) is 13.8. The summed E-state index contributed by atoms with van der Waals surface area (Å²) in [5, 5.41) is 9.29. The molecule has 3 aromatic carbocycles. The Morgan fingerprint density at radius 1 is 0.897 bits per heavy atom. The number of nitrogens with zero attached hydrogens (tertiary/aromatic N) is 1. The van der Waals surface area contributed by atoms with Gasteiger partial charge in [0.2, 0.25) is 0 Å². The monoisotopic (exact) mass is 553 g/mol. The summed E-state index contributed by atoms with van der Waals surface area (Å²) in [5.41, 5.74) is 0.837. The number of amides is 1. The highest BCUT2D eigenvalue weighted by atomic mass is 32.2. The van der Waals surface area contributed by atoms with E-state index < -0.39 is 18.2 Å². The third kappa shape index (κ3) is 10.5. The molecule has 1 atom stereocenters. The fourth-order valence-electron chi connectivity index (χ4n) is 3.69. The fraction of sp³-hybridized carbons (Fsp3) is 0.333. The molecule has 208 valence electrons. The van der Waals surface area contributed by atoms with Crippen LogP contribution in [-0.2, 0) is 16.0 Å². The van der Waals surface area contributed by atoms with E-state index >= 15 is 0 Å². The Balaban J connectivity index is 1.54. The van der Waals surface area contributed by atoms with E-state index in [9.17, 15) is 14.7 Å². The summed E-state index contributed by atoms with van der Waals surface area (Å²) in [5.74, 6) is 1.62. The lowest BCUT2D eigenvalue weighted by Crippen LogP contribution is -2.37. The number of rotatable bonds is 16. The summed E-state index contributed by atoms with van der Waals surface area (Å²) in [6, 6.07) is 24.2. The molecule has 3 rings (SSSR count). The number of hydrogen-bond donors (Lipinski definition) is 1. The van der Waals surface area contributed by atoms with Gasteiger partial charge in [0.25, 0.3) is 0 Å². The quantitative estimate of drug-likeness (QED) is 0.176. The zero-order chi connectivity index (χ0) is 27.9. The molecule has 0 aromatic heterocycles. The Morgan fingerprint density at radius 2 is 1.56 bits per heavy atom. The van der Waals surface area contributed by atoms with Crippen molar-refractivity contribution in [3.8, 4) is 17.2 Å². The lowest BCUT2D eigenvalue weighted by Gasteiger charge is -2.22. The molecule has 39 heavy (non-hydrogen) atoms. The number of hydrogen-bond acceptors (Lipinski definition) is 7. The van der Waals surface area contributed by atoms with Crippen molar-refractivity contribution in [3.63, 3.8) is 0 Å². The van der Waals surface area contributed by atoms with Gasteiger partial charge in [0.15, 0.2) is 6.10 Å². The average molecular weight is 554 g/mol. The molecule has 1 amide bonds. The van der Waals surface area contributed by atoms with Gasteiger partial charge in [-0.05, 0) is 73.2 Å². The van der Waals surface area contributed by atoms with Gasteiger partial charge in [0, 0.05) is 24.5 Å². The molecule has 0 spiro atoms. The zero-order valence-corrected chi connectivity index (χ0v) is 23.1. The summed E-state index contributed by atoms with van der Waals surface area (Å²) in [7, 11) is 1.58. The van der Waals surface area contributed by atoms with Crippen LogP contribution in [0.15, 0.2) is 83.8 Å². The molecule has 1 unspecified atom stereocenters. The third-order valence-electron chi connectivity index (χ3n) is 5.72. The van der Waals surface area contributed by atoms with Gasteiger partial charge in [-0.3, -0.25) is 0 Å². The largest absolute Gasteiger partial charge is 0.497 e. The zero-order valence-electron chi connectivity index (χ0n) is 22.3. The van der Waals surface area contributed by atoms with Crippen molar-refractivity contribution in [2.45, 2.75) is 30.8 Å². The van der Waals surface area contributed by atoms with E-state index in [1.54, 1.807) is 67.1 Å². The maximum atomic E-state index is 13.0. The predicted molar refractivity (Wildman–Crippen MR) is 151 cm³/mol. The van der Waals surface area contributed by atoms with Crippen LogP contribution in [0, 0.1) is 0 Å². The smallest absolute Gasteiger partial charge is 0.415 e.